The molecule has 2 aromatic rings. The van der Waals surface area contributed by atoms with Gasteiger partial charge in [0.25, 0.3) is 5.91 Å². The minimum Gasteiger partial charge on any atom is -0.477 e. The Morgan fingerprint density at radius 2 is 2.33 bits per heavy atom. The number of hydrogen-bond donors (Lipinski definition) is 2. The maximum atomic E-state index is 11.2. The van der Waals surface area contributed by atoms with E-state index in [2.05, 4.69) is 4.98 Å². The number of amides is 1. The van der Waals surface area contributed by atoms with E-state index in [1.54, 1.807) is 11.3 Å². The molecule has 2 aromatic heterocycles. The molecule has 2 rings (SSSR count). The van der Waals surface area contributed by atoms with Gasteiger partial charge in [0.2, 0.25) is 5.88 Å². The number of nitrogens with zero attached hydrogens (tertiary/aromatic N) is 1. The molecule has 4 N–H and O–H groups in total. The Hall–Kier alpha value is -2.08. The van der Waals surface area contributed by atoms with Crippen molar-refractivity contribution in [3.63, 3.8) is 0 Å². The Balaban J connectivity index is 2.02. The fourth-order valence-electron chi connectivity index (χ4n) is 1.46. The summed E-state index contributed by atoms with van der Waals surface area (Å²) in [5.41, 5.74) is 11.4. The average molecular weight is 263 g/mol. The lowest BCUT2D eigenvalue weighted by atomic mass is 10.2. The molecular weight excluding hydrogens is 250 g/mol. The van der Waals surface area contributed by atoms with Crippen LogP contribution >= 0.6 is 11.3 Å². The molecule has 18 heavy (non-hydrogen) atoms. The van der Waals surface area contributed by atoms with Crippen LogP contribution in [0, 0.1) is 0 Å². The number of carbonyl (C=O) groups excluding carboxylic acids is 1. The van der Waals surface area contributed by atoms with Gasteiger partial charge < -0.3 is 16.2 Å². The molecule has 0 spiro atoms. The molecule has 0 saturated carbocycles. The highest BCUT2D eigenvalue weighted by Crippen LogP contribution is 2.18. The molecule has 0 saturated heterocycles. The van der Waals surface area contributed by atoms with Crippen molar-refractivity contribution < 1.29 is 9.53 Å². The summed E-state index contributed by atoms with van der Waals surface area (Å²) >= 11 is 1.66. The molecule has 0 aliphatic rings. The number of thiophene rings is 1. The molecule has 5 nitrogen and oxygen atoms in total. The zero-order valence-electron chi connectivity index (χ0n) is 9.63. The fourth-order valence-corrected chi connectivity index (χ4v) is 2.15. The second-order valence-electron chi connectivity index (χ2n) is 3.66. The third-order valence-corrected chi connectivity index (χ3v) is 3.24. The van der Waals surface area contributed by atoms with E-state index < -0.39 is 5.91 Å². The Morgan fingerprint density at radius 3 is 3.00 bits per heavy atom. The third-order valence-electron chi connectivity index (χ3n) is 2.31. The summed E-state index contributed by atoms with van der Waals surface area (Å²) in [4.78, 5) is 16.4. The van der Waals surface area contributed by atoms with Crippen molar-refractivity contribution in [3.05, 3.63) is 40.2 Å². The standard InChI is InChI=1S/C12H13N3O2S/c13-8-6-10(11(14)16)12(15-7-8)17-4-3-9-2-1-5-18-9/h1-2,5-7H,3-4,13H2,(H2,14,16). The van der Waals surface area contributed by atoms with Gasteiger partial charge in [-0.15, -0.1) is 11.3 Å². The topological polar surface area (TPSA) is 91.2 Å². The van der Waals surface area contributed by atoms with Gasteiger partial charge in [-0.1, -0.05) is 6.07 Å². The molecule has 6 heteroatoms. The smallest absolute Gasteiger partial charge is 0.254 e. The van der Waals surface area contributed by atoms with Crippen LogP contribution in [-0.2, 0) is 6.42 Å². The minimum atomic E-state index is -0.596. The van der Waals surface area contributed by atoms with Crippen molar-refractivity contribution in [2.45, 2.75) is 6.42 Å². The number of pyridine rings is 1. The lowest BCUT2D eigenvalue weighted by molar-refractivity contribution is 0.0995. The number of carbonyl (C=O) groups is 1. The molecule has 0 aliphatic heterocycles. The monoisotopic (exact) mass is 263 g/mol. The van der Waals surface area contributed by atoms with Gasteiger partial charge in [-0.05, 0) is 17.5 Å². The van der Waals surface area contributed by atoms with Crippen LogP contribution in [0.5, 0.6) is 5.88 Å². The van der Waals surface area contributed by atoms with E-state index in [9.17, 15) is 4.79 Å². The Labute approximate surface area is 108 Å². The maximum absolute atomic E-state index is 11.2. The van der Waals surface area contributed by atoms with Crippen LogP contribution in [0.15, 0.2) is 29.8 Å². The zero-order valence-corrected chi connectivity index (χ0v) is 10.4. The number of nitrogens with two attached hydrogens (primary N) is 2. The molecule has 94 valence electrons. The molecular formula is C12H13N3O2S. The second kappa shape index (κ2) is 5.50. The SMILES string of the molecule is NC(=O)c1cc(N)cnc1OCCc1cccs1. The molecule has 1 amide bonds. The van der Waals surface area contributed by atoms with E-state index in [-0.39, 0.29) is 11.4 Å². The van der Waals surface area contributed by atoms with Crippen molar-refractivity contribution in [1.29, 1.82) is 0 Å². The molecule has 0 radical (unpaired) electrons. The summed E-state index contributed by atoms with van der Waals surface area (Å²) in [5.74, 6) is -0.367. The van der Waals surface area contributed by atoms with E-state index in [1.807, 2.05) is 17.5 Å². The van der Waals surface area contributed by atoms with Gasteiger partial charge in [-0.25, -0.2) is 4.98 Å². The Morgan fingerprint density at radius 1 is 1.50 bits per heavy atom. The van der Waals surface area contributed by atoms with Crippen LogP contribution in [0.3, 0.4) is 0 Å². The van der Waals surface area contributed by atoms with Crippen LogP contribution in [0.1, 0.15) is 15.2 Å². The predicted octanol–water partition coefficient (Wildman–Crippen LogP) is 1.45. The number of aromatic nitrogens is 1. The lowest BCUT2D eigenvalue weighted by Crippen LogP contribution is -2.15. The van der Waals surface area contributed by atoms with Crippen LogP contribution < -0.4 is 16.2 Å². The molecule has 0 fully saturated rings. The largest absolute Gasteiger partial charge is 0.477 e. The second-order valence-corrected chi connectivity index (χ2v) is 4.70. The quantitative estimate of drug-likeness (QED) is 0.854. The summed E-state index contributed by atoms with van der Waals surface area (Å²) in [7, 11) is 0. The van der Waals surface area contributed by atoms with Gasteiger partial charge >= 0.3 is 0 Å². The van der Waals surface area contributed by atoms with Gasteiger partial charge in [0.15, 0.2) is 0 Å². The molecule has 0 bridgehead atoms. The molecule has 0 unspecified atom stereocenters. The van der Waals surface area contributed by atoms with Crippen LogP contribution in [0.25, 0.3) is 0 Å². The van der Waals surface area contributed by atoms with Crippen LogP contribution in [-0.4, -0.2) is 17.5 Å². The number of primary amides is 1. The molecule has 0 aromatic carbocycles. The summed E-state index contributed by atoms with van der Waals surface area (Å²) in [6.45, 7) is 0.442. The van der Waals surface area contributed by atoms with Crippen molar-refractivity contribution in [3.8, 4) is 5.88 Å². The number of anilines is 1. The third kappa shape index (κ3) is 2.98. The van der Waals surface area contributed by atoms with E-state index in [0.717, 1.165) is 6.42 Å². The first-order valence-corrected chi connectivity index (χ1v) is 6.25. The van der Waals surface area contributed by atoms with Gasteiger partial charge in [-0.2, -0.15) is 0 Å². The van der Waals surface area contributed by atoms with Crippen molar-refractivity contribution in [2.24, 2.45) is 5.73 Å². The van der Waals surface area contributed by atoms with Crippen molar-refractivity contribution in [2.75, 3.05) is 12.3 Å². The fraction of sp³-hybridized carbons (Fsp3) is 0.167. The normalized spacial score (nSPS) is 10.2. The lowest BCUT2D eigenvalue weighted by Gasteiger charge is -2.08. The van der Waals surface area contributed by atoms with Gasteiger partial charge in [0.05, 0.1) is 18.5 Å². The maximum Gasteiger partial charge on any atom is 0.254 e. The molecule has 0 aliphatic carbocycles. The van der Waals surface area contributed by atoms with Gasteiger partial charge in [0, 0.05) is 11.3 Å². The molecule has 0 atom stereocenters. The van der Waals surface area contributed by atoms with Gasteiger partial charge in [0.1, 0.15) is 5.56 Å². The first kappa shape index (κ1) is 12.4. The number of nitrogen functional groups attached to an aromatic ring is 1. The summed E-state index contributed by atoms with van der Waals surface area (Å²) in [6, 6.07) is 5.48. The average Bonchev–Trinajstić information content (AvgIpc) is 2.84. The highest BCUT2D eigenvalue weighted by atomic mass is 32.1. The molecule has 2 heterocycles. The number of hydrogen-bond acceptors (Lipinski definition) is 5. The van der Waals surface area contributed by atoms with Crippen molar-refractivity contribution >= 4 is 22.9 Å². The number of ether oxygens (including phenoxy) is 1. The van der Waals surface area contributed by atoms with Crippen molar-refractivity contribution in [1.82, 2.24) is 4.98 Å². The minimum absolute atomic E-state index is 0.209. The predicted molar refractivity (Wildman–Crippen MR) is 70.7 cm³/mol. The van der Waals surface area contributed by atoms with E-state index in [4.69, 9.17) is 16.2 Å². The van der Waals surface area contributed by atoms with E-state index >= 15 is 0 Å². The summed E-state index contributed by atoms with van der Waals surface area (Å²) in [6.07, 6.45) is 2.20. The number of rotatable bonds is 5. The van der Waals surface area contributed by atoms with E-state index in [0.29, 0.717) is 12.3 Å². The highest BCUT2D eigenvalue weighted by molar-refractivity contribution is 7.09. The van der Waals surface area contributed by atoms with Crippen LogP contribution in [0.4, 0.5) is 5.69 Å². The van der Waals surface area contributed by atoms with Crippen LogP contribution in [0.2, 0.25) is 0 Å². The Bertz CT molecular complexity index is 540. The highest BCUT2D eigenvalue weighted by Gasteiger charge is 2.11. The first-order chi connectivity index (χ1) is 8.66. The first-order valence-electron chi connectivity index (χ1n) is 5.37. The summed E-state index contributed by atoms with van der Waals surface area (Å²) < 4.78 is 5.47. The van der Waals surface area contributed by atoms with E-state index in [1.165, 1.54) is 17.1 Å². The van der Waals surface area contributed by atoms with Gasteiger partial charge in [-0.3, -0.25) is 4.79 Å². The summed E-state index contributed by atoms with van der Waals surface area (Å²) in [5, 5.41) is 2.01. The zero-order chi connectivity index (χ0) is 13.0. The Kier molecular flexibility index (Phi) is 3.78.